The van der Waals surface area contributed by atoms with Gasteiger partial charge in [-0.05, 0) is 6.42 Å². The van der Waals surface area contributed by atoms with Crippen molar-refractivity contribution in [3.63, 3.8) is 0 Å². The molecule has 1 unspecified atom stereocenters. The molecule has 0 aliphatic carbocycles. The van der Waals surface area contributed by atoms with Gasteiger partial charge in [-0.25, -0.2) is 4.79 Å². The molecule has 0 aliphatic heterocycles. The molecule has 6 heteroatoms. The van der Waals surface area contributed by atoms with Gasteiger partial charge in [-0.1, -0.05) is 19.8 Å². The zero-order valence-corrected chi connectivity index (χ0v) is 10.3. The van der Waals surface area contributed by atoms with E-state index in [0.717, 1.165) is 12.8 Å². The molecule has 0 saturated carbocycles. The molecule has 0 spiro atoms. The first-order valence-corrected chi connectivity index (χ1v) is 5.74. The monoisotopic (exact) mass is 244 g/mol. The standard InChI is InChI=1S/C11H20N2O4/c1-3-4-5-9(11(16)17)13-10(15)6-7-12-8(2)14/h9H,3-7H2,1-2H3,(H,12,14)(H,13,15)(H,16,17). The van der Waals surface area contributed by atoms with E-state index in [-0.39, 0.29) is 24.8 Å². The number of carbonyl (C=O) groups is 3. The molecule has 0 rings (SSSR count). The van der Waals surface area contributed by atoms with Crippen molar-refractivity contribution >= 4 is 17.8 Å². The summed E-state index contributed by atoms with van der Waals surface area (Å²) in [4.78, 5) is 32.8. The molecule has 0 aliphatic rings. The summed E-state index contributed by atoms with van der Waals surface area (Å²) in [5, 5.41) is 13.8. The number of hydrogen-bond donors (Lipinski definition) is 3. The van der Waals surface area contributed by atoms with E-state index in [1.165, 1.54) is 6.92 Å². The van der Waals surface area contributed by atoms with Crippen LogP contribution in [-0.4, -0.2) is 35.5 Å². The van der Waals surface area contributed by atoms with Crippen LogP contribution >= 0.6 is 0 Å². The summed E-state index contributed by atoms with van der Waals surface area (Å²) >= 11 is 0. The topological polar surface area (TPSA) is 95.5 Å². The average molecular weight is 244 g/mol. The first-order chi connectivity index (χ1) is 7.97. The highest BCUT2D eigenvalue weighted by molar-refractivity contribution is 5.83. The molecular weight excluding hydrogens is 224 g/mol. The van der Waals surface area contributed by atoms with Gasteiger partial charge in [0.05, 0.1) is 0 Å². The van der Waals surface area contributed by atoms with Gasteiger partial charge in [0.15, 0.2) is 0 Å². The number of amides is 2. The molecule has 0 bridgehead atoms. The zero-order chi connectivity index (χ0) is 13.3. The Balaban J connectivity index is 3.95. The lowest BCUT2D eigenvalue weighted by Gasteiger charge is -2.13. The normalized spacial score (nSPS) is 11.6. The fourth-order valence-electron chi connectivity index (χ4n) is 1.28. The first kappa shape index (κ1) is 15.4. The molecule has 98 valence electrons. The second-order valence-electron chi connectivity index (χ2n) is 3.83. The Morgan fingerprint density at radius 3 is 2.41 bits per heavy atom. The van der Waals surface area contributed by atoms with Crippen LogP contribution in [0.25, 0.3) is 0 Å². The molecule has 3 N–H and O–H groups in total. The van der Waals surface area contributed by atoms with Gasteiger partial charge in [0, 0.05) is 19.9 Å². The summed E-state index contributed by atoms with van der Waals surface area (Å²) in [7, 11) is 0. The van der Waals surface area contributed by atoms with Crippen LogP contribution in [0, 0.1) is 0 Å². The van der Waals surface area contributed by atoms with Crippen molar-refractivity contribution < 1.29 is 19.5 Å². The van der Waals surface area contributed by atoms with Crippen LogP contribution in [-0.2, 0) is 14.4 Å². The number of hydrogen-bond acceptors (Lipinski definition) is 3. The van der Waals surface area contributed by atoms with Crippen LogP contribution in [0.15, 0.2) is 0 Å². The van der Waals surface area contributed by atoms with Crippen LogP contribution in [0.5, 0.6) is 0 Å². The van der Waals surface area contributed by atoms with Crippen molar-refractivity contribution in [2.24, 2.45) is 0 Å². The Labute approximate surface area is 101 Å². The molecule has 0 radical (unpaired) electrons. The largest absolute Gasteiger partial charge is 0.480 e. The second-order valence-corrected chi connectivity index (χ2v) is 3.83. The lowest BCUT2D eigenvalue weighted by atomic mass is 10.1. The lowest BCUT2D eigenvalue weighted by molar-refractivity contribution is -0.142. The maximum absolute atomic E-state index is 11.4. The van der Waals surface area contributed by atoms with Gasteiger partial charge in [-0.2, -0.15) is 0 Å². The van der Waals surface area contributed by atoms with Crippen molar-refractivity contribution in [3.8, 4) is 0 Å². The van der Waals surface area contributed by atoms with Crippen LogP contribution in [0.3, 0.4) is 0 Å². The zero-order valence-electron chi connectivity index (χ0n) is 10.3. The molecule has 0 heterocycles. The third-order valence-electron chi connectivity index (χ3n) is 2.21. The number of unbranched alkanes of at least 4 members (excludes halogenated alkanes) is 1. The van der Waals surface area contributed by atoms with E-state index < -0.39 is 12.0 Å². The number of carbonyl (C=O) groups excluding carboxylic acids is 2. The molecular formula is C11H20N2O4. The van der Waals surface area contributed by atoms with E-state index in [4.69, 9.17) is 5.11 Å². The summed E-state index contributed by atoms with van der Waals surface area (Å²) in [5.41, 5.74) is 0. The van der Waals surface area contributed by atoms with Crippen LogP contribution < -0.4 is 10.6 Å². The third-order valence-corrected chi connectivity index (χ3v) is 2.21. The van der Waals surface area contributed by atoms with Gasteiger partial charge in [0.25, 0.3) is 0 Å². The van der Waals surface area contributed by atoms with Gasteiger partial charge >= 0.3 is 5.97 Å². The van der Waals surface area contributed by atoms with Crippen molar-refractivity contribution in [2.45, 2.75) is 45.6 Å². The van der Waals surface area contributed by atoms with E-state index in [9.17, 15) is 14.4 Å². The third kappa shape index (κ3) is 8.24. The minimum absolute atomic E-state index is 0.0927. The fourth-order valence-corrected chi connectivity index (χ4v) is 1.28. The van der Waals surface area contributed by atoms with Crippen molar-refractivity contribution in [1.29, 1.82) is 0 Å². The van der Waals surface area contributed by atoms with Gasteiger partial charge < -0.3 is 15.7 Å². The first-order valence-electron chi connectivity index (χ1n) is 5.74. The van der Waals surface area contributed by atoms with Gasteiger partial charge in [-0.3, -0.25) is 9.59 Å². The summed E-state index contributed by atoms with van der Waals surface area (Å²) in [6.07, 6.45) is 2.15. The van der Waals surface area contributed by atoms with Crippen LogP contribution in [0.2, 0.25) is 0 Å². The molecule has 0 aromatic carbocycles. The molecule has 2 amide bonds. The molecule has 0 fully saturated rings. The number of carboxylic acids is 1. The predicted octanol–water partition coefficient (Wildman–Crippen LogP) is 0.272. The van der Waals surface area contributed by atoms with E-state index >= 15 is 0 Å². The highest BCUT2D eigenvalue weighted by Gasteiger charge is 2.18. The van der Waals surface area contributed by atoms with E-state index in [0.29, 0.717) is 6.42 Å². The predicted molar refractivity (Wildman–Crippen MR) is 62.4 cm³/mol. The number of nitrogens with one attached hydrogen (secondary N) is 2. The van der Waals surface area contributed by atoms with Crippen LogP contribution in [0.4, 0.5) is 0 Å². The number of carboxylic acid groups (broad SMARTS) is 1. The van der Waals surface area contributed by atoms with E-state index in [1.807, 2.05) is 6.92 Å². The van der Waals surface area contributed by atoms with Crippen molar-refractivity contribution in [2.75, 3.05) is 6.54 Å². The Morgan fingerprint density at radius 2 is 1.94 bits per heavy atom. The summed E-state index contributed by atoms with van der Waals surface area (Å²) in [6.45, 7) is 3.54. The van der Waals surface area contributed by atoms with Crippen LogP contribution in [0.1, 0.15) is 39.5 Å². The molecule has 0 saturated heterocycles. The molecule has 1 atom stereocenters. The Morgan fingerprint density at radius 1 is 1.29 bits per heavy atom. The number of rotatable bonds is 8. The summed E-state index contributed by atoms with van der Waals surface area (Å²) in [5.74, 6) is -1.59. The van der Waals surface area contributed by atoms with Gasteiger partial charge in [0.2, 0.25) is 11.8 Å². The Kier molecular flexibility index (Phi) is 7.75. The minimum Gasteiger partial charge on any atom is -0.480 e. The smallest absolute Gasteiger partial charge is 0.326 e. The summed E-state index contributed by atoms with van der Waals surface area (Å²) in [6, 6.07) is -0.834. The Bertz CT molecular complexity index is 279. The molecule has 17 heavy (non-hydrogen) atoms. The molecule has 6 nitrogen and oxygen atoms in total. The van der Waals surface area contributed by atoms with Crippen molar-refractivity contribution in [1.82, 2.24) is 10.6 Å². The minimum atomic E-state index is -1.02. The quantitative estimate of drug-likeness (QED) is 0.571. The second kappa shape index (κ2) is 8.55. The highest BCUT2D eigenvalue weighted by Crippen LogP contribution is 2.01. The number of aliphatic carboxylic acids is 1. The molecule has 0 aromatic heterocycles. The van der Waals surface area contributed by atoms with E-state index in [1.54, 1.807) is 0 Å². The fraction of sp³-hybridized carbons (Fsp3) is 0.727. The average Bonchev–Trinajstić information content (AvgIpc) is 2.23. The lowest BCUT2D eigenvalue weighted by Crippen LogP contribution is -2.41. The summed E-state index contributed by atoms with van der Waals surface area (Å²) < 4.78 is 0. The van der Waals surface area contributed by atoms with Gasteiger partial charge in [0.1, 0.15) is 6.04 Å². The Hall–Kier alpha value is -1.59. The maximum atomic E-state index is 11.4. The SMILES string of the molecule is CCCCC(NC(=O)CCNC(C)=O)C(=O)O. The molecule has 0 aromatic rings. The van der Waals surface area contributed by atoms with E-state index in [2.05, 4.69) is 10.6 Å². The highest BCUT2D eigenvalue weighted by atomic mass is 16.4. The van der Waals surface area contributed by atoms with Crippen molar-refractivity contribution in [3.05, 3.63) is 0 Å². The maximum Gasteiger partial charge on any atom is 0.326 e. The van der Waals surface area contributed by atoms with Gasteiger partial charge in [-0.15, -0.1) is 0 Å².